The monoisotopic (exact) mass is 195 g/mol. The summed E-state index contributed by atoms with van der Waals surface area (Å²) in [5, 5.41) is 4.10. The average Bonchev–Trinajstić information content (AvgIpc) is 2.50. The molecular weight excluding hydrogens is 178 g/mol. The zero-order valence-electron chi connectivity index (χ0n) is 8.90. The second kappa shape index (κ2) is 4.37. The van der Waals surface area contributed by atoms with Gasteiger partial charge in [0.25, 0.3) is 0 Å². The van der Waals surface area contributed by atoms with Crippen molar-refractivity contribution in [1.82, 2.24) is 9.78 Å². The van der Waals surface area contributed by atoms with Crippen molar-refractivity contribution in [3.8, 4) is 0 Å². The highest BCUT2D eigenvalue weighted by atomic mass is 16.1. The Morgan fingerprint density at radius 3 is 2.71 bits per heavy atom. The van der Waals surface area contributed by atoms with Crippen molar-refractivity contribution >= 4 is 5.78 Å². The van der Waals surface area contributed by atoms with Gasteiger partial charge in [-0.3, -0.25) is 9.48 Å². The third kappa shape index (κ3) is 2.67. The fraction of sp³-hybridized carbons (Fsp3) is 0.600. The largest absolute Gasteiger partial charge is 0.321 e. The molecule has 1 unspecified atom stereocenters. The van der Waals surface area contributed by atoms with Crippen LogP contribution in [0, 0.1) is 5.92 Å². The van der Waals surface area contributed by atoms with Crippen LogP contribution in [0.2, 0.25) is 0 Å². The molecule has 2 N–H and O–H groups in total. The topological polar surface area (TPSA) is 60.9 Å². The summed E-state index contributed by atoms with van der Waals surface area (Å²) in [4.78, 5) is 11.5. The third-order valence-corrected chi connectivity index (χ3v) is 1.88. The van der Waals surface area contributed by atoms with Crippen molar-refractivity contribution in [3.63, 3.8) is 0 Å². The number of hydrogen-bond donors (Lipinski definition) is 1. The van der Waals surface area contributed by atoms with Crippen LogP contribution in [0.1, 0.15) is 31.1 Å². The molecule has 1 aromatic heterocycles. The summed E-state index contributed by atoms with van der Waals surface area (Å²) in [6, 6.07) is -0.452. The molecule has 0 spiro atoms. The molecule has 14 heavy (non-hydrogen) atoms. The van der Waals surface area contributed by atoms with Gasteiger partial charge in [0.15, 0.2) is 5.78 Å². The molecule has 0 bridgehead atoms. The molecule has 78 valence electrons. The van der Waals surface area contributed by atoms with Crippen LogP contribution in [0.15, 0.2) is 12.4 Å². The number of nitrogens with zero attached hydrogens (tertiary/aromatic N) is 2. The van der Waals surface area contributed by atoms with Crippen molar-refractivity contribution in [2.75, 3.05) is 0 Å². The molecule has 0 fully saturated rings. The molecule has 0 radical (unpaired) electrons. The second-order valence-electron chi connectivity index (χ2n) is 4.00. The van der Waals surface area contributed by atoms with Gasteiger partial charge in [-0.2, -0.15) is 5.10 Å². The molecule has 0 aromatic carbocycles. The van der Waals surface area contributed by atoms with Crippen LogP contribution < -0.4 is 5.73 Å². The maximum Gasteiger partial charge on any atom is 0.182 e. The van der Waals surface area contributed by atoms with E-state index >= 15 is 0 Å². The van der Waals surface area contributed by atoms with Crippen molar-refractivity contribution < 1.29 is 4.79 Å². The number of hydrogen-bond acceptors (Lipinski definition) is 3. The Morgan fingerprint density at radius 2 is 2.21 bits per heavy atom. The molecule has 0 saturated carbocycles. The Balaban J connectivity index is 2.73. The van der Waals surface area contributed by atoms with E-state index in [-0.39, 0.29) is 5.78 Å². The Bertz CT molecular complexity index is 315. The molecule has 0 aliphatic carbocycles. The highest BCUT2D eigenvalue weighted by Gasteiger charge is 2.12. The average molecular weight is 195 g/mol. The highest BCUT2D eigenvalue weighted by Crippen LogP contribution is 2.04. The first-order chi connectivity index (χ1) is 6.50. The van der Waals surface area contributed by atoms with Crippen molar-refractivity contribution in [3.05, 3.63) is 18.0 Å². The number of Topliss-reactive ketones (excluding diaryl/α,β-unsaturated/α-hetero) is 1. The smallest absolute Gasteiger partial charge is 0.182 e. The number of carbonyl (C=O) groups excluding carboxylic acids is 1. The van der Waals surface area contributed by atoms with E-state index in [1.807, 2.05) is 0 Å². The predicted molar refractivity (Wildman–Crippen MR) is 55.0 cm³/mol. The molecule has 1 aromatic rings. The quantitative estimate of drug-likeness (QED) is 0.731. The predicted octanol–water partition coefficient (Wildman–Crippen LogP) is 1.07. The minimum Gasteiger partial charge on any atom is -0.321 e. The first-order valence-electron chi connectivity index (χ1n) is 4.83. The van der Waals surface area contributed by atoms with Gasteiger partial charge >= 0.3 is 0 Å². The summed E-state index contributed by atoms with van der Waals surface area (Å²) in [6.45, 7) is 6.72. The standard InChI is InChI=1S/C10H17N3O/c1-7(2)5-13-6-9(4-12-13)10(14)8(3)11/h4,6-8H,5,11H2,1-3H3. The Morgan fingerprint density at radius 1 is 1.57 bits per heavy atom. The zero-order chi connectivity index (χ0) is 10.7. The van der Waals surface area contributed by atoms with Gasteiger partial charge in [-0.05, 0) is 12.8 Å². The third-order valence-electron chi connectivity index (χ3n) is 1.88. The fourth-order valence-electron chi connectivity index (χ4n) is 1.23. The molecule has 1 atom stereocenters. The van der Waals surface area contributed by atoms with Gasteiger partial charge in [-0.25, -0.2) is 0 Å². The molecule has 4 nitrogen and oxygen atoms in total. The van der Waals surface area contributed by atoms with Crippen LogP contribution in [0.25, 0.3) is 0 Å². The van der Waals surface area contributed by atoms with Crippen molar-refractivity contribution in [2.24, 2.45) is 11.7 Å². The van der Waals surface area contributed by atoms with Gasteiger partial charge < -0.3 is 5.73 Å². The summed E-state index contributed by atoms with van der Waals surface area (Å²) in [5.41, 5.74) is 6.09. The van der Waals surface area contributed by atoms with Crippen LogP contribution in [0.4, 0.5) is 0 Å². The molecule has 0 saturated heterocycles. The number of rotatable bonds is 4. The van der Waals surface area contributed by atoms with Gasteiger partial charge in [-0.1, -0.05) is 13.8 Å². The van der Waals surface area contributed by atoms with E-state index in [1.165, 1.54) is 0 Å². The maximum atomic E-state index is 11.5. The summed E-state index contributed by atoms with van der Waals surface area (Å²) in [7, 11) is 0. The minimum absolute atomic E-state index is 0.0555. The molecule has 1 heterocycles. The van der Waals surface area contributed by atoms with Crippen molar-refractivity contribution in [1.29, 1.82) is 0 Å². The normalized spacial score (nSPS) is 13.2. The van der Waals surface area contributed by atoms with E-state index in [4.69, 9.17) is 5.73 Å². The van der Waals surface area contributed by atoms with Gasteiger partial charge in [-0.15, -0.1) is 0 Å². The summed E-state index contributed by atoms with van der Waals surface area (Å²) in [5.74, 6) is 0.466. The lowest BCUT2D eigenvalue weighted by Crippen LogP contribution is -2.26. The molecule has 4 heteroatoms. The highest BCUT2D eigenvalue weighted by molar-refractivity contribution is 5.99. The summed E-state index contributed by atoms with van der Waals surface area (Å²) in [6.07, 6.45) is 3.33. The van der Waals surface area contributed by atoms with Gasteiger partial charge in [0.05, 0.1) is 17.8 Å². The number of carbonyl (C=O) groups is 1. The summed E-state index contributed by atoms with van der Waals surface area (Å²) < 4.78 is 1.78. The van der Waals surface area contributed by atoms with Crippen LogP contribution in [-0.4, -0.2) is 21.6 Å². The number of aromatic nitrogens is 2. The van der Waals surface area contributed by atoms with E-state index in [9.17, 15) is 4.79 Å². The van der Waals surface area contributed by atoms with E-state index in [1.54, 1.807) is 24.0 Å². The van der Waals surface area contributed by atoms with Gasteiger partial charge in [0.1, 0.15) is 0 Å². The van der Waals surface area contributed by atoms with E-state index < -0.39 is 6.04 Å². The van der Waals surface area contributed by atoms with E-state index in [2.05, 4.69) is 18.9 Å². The molecule has 0 aliphatic rings. The second-order valence-corrected chi connectivity index (χ2v) is 4.00. The fourth-order valence-corrected chi connectivity index (χ4v) is 1.23. The molecular formula is C10H17N3O. The molecule has 0 amide bonds. The van der Waals surface area contributed by atoms with Crippen LogP contribution >= 0.6 is 0 Å². The molecule has 1 rings (SSSR count). The van der Waals surface area contributed by atoms with Crippen LogP contribution in [-0.2, 0) is 6.54 Å². The van der Waals surface area contributed by atoms with E-state index in [0.717, 1.165) is 6.54 Å². The van der Waals surface area contributed by atoms with Crippen LogP contribution in [0.3, 0.4) is 0 Å². The minimum atomic E-state index is -0.452. The number of ketones is 1. The lowest BCUT2D eigenvalue weighted by atomic mass is 10.1. The lowest BCUT2D eigenvalue weighted by Gasteiger charge is -2.03. The number of nitrogens with two attached hydrogens (primary N) is 1. The van der Waals surface area contributed by atoms with Crippen LogP contribution in [0.5, 0.6) is 0 Å². The SMILES string of the molecule is CC(C)Cn1cc(C(=O)C(C)N)cn1. The Labute approximate surface area is 84.1 Å². The zero-order valence-corrected chi connectivity index (χ0v) is 8.90. The van der Waals surface area contributed by atoms with Gasteiger partial charge in [0.2, 0.25) is 0 Å². The maximum absolute atomic E-state index is 11.5. The Kier molecular flexibility index (Phi) is 3.41. The van der Waals surface area contributed by atoms with E-state index in [0.29, 0.717) is 11.5 Å². The Hall–Kier alpha value is -1.16. The van der Waals surface area contributed by atoms with Crippen molar-refractivity contribution in [2.45, 2.75) is 33.4 Å². The lowest BCUT2D eigenvalue weighted by molar-refractivity contribution is 0.0968. The molecule has 0 aliphatic heterocycles. The summed E-state index contributed by atoms with van der Waals surface area (Å²) >= 11 is 0. The first kappa shape index (κ1) is 10.9. The van der Waals surface area contributed by atoms with Gasteiger partial charge in [0, 0.05) is 12.7 Å². The first-order valence-corrected chi connectivity index (χ1v) is 4.83.